The Kier molecular flexibility index (Phi) is 5.70. The lowest BCUT2D eigenvalue weighted by molar-refractivity contribution is -0.121. The number of anilines is 2. The Balaban J connectivity index is 1.43. The molecular formula is C38H31N3O2. The van der Waals surface area contributed by atoms with E-state index in [2.05, 4.69) is 108 Å². The molecule has 1 unspecified atom stereocenters. The highest BCUT2D eigenvalue weighted by molar-refractivity contribution is 6.17. The van der Waals surface area contributed by atoms with Gasteiger partial charge in [-0.25, -0.2) is 0 Å². The van der Waals surface area contributed by atoms with Crippen molar-refractivity contribution in [2.75, 3.05) is 17.3 Å². The minimum absolute atomic E-state index is 0.0200. The van der Waals surface area contributed by atoms with Crippen LogP contribution in [0.15, 0.2) is 121 Å². The van der Waals surface area contributed by atoms with Gasteiger partial charge in [-0.15, -0.1) is 0 Å². The molecule has 43 heavy (non-hydrogen) atoms. The number of aromatic nitrogens is 1. The zero-order chi connectivity index (χ0) is 29.1. The molecule has 1 spiro atoms. The van der Waals surface area contributed by atoms with Crippen LogP contribution in [-0.4, -0.2) is 17.6 Å². The van der Waals surface area contributed by atoms with Crippen molar-refractivity contribution in [3.63, 3.8) is 0 Å². The van der Waals surface area contributed by atoms with Crippen molar-refractivity contribution >= 4 is 28.2 Å². The molecule has 3 heterocycles. The fourth-order valence-corrected chi connectivity index (χ4v) is 6.96. The van der Waals surface area contributed by atoms with Gasteiger partial charge < -0.3 is 19.5 Å². The quantitative estimate of drug-likeness (QED) is 0.233. The van der Waals surface area contributed by atoms with Crippen LogP contribution in [0.5, 0.6) is 5.75 Å². The molecule has 210 valence electrons. The van der Waals surface area contributed by atoms with Gasteiger partial charge in [0.25, 0.3) is 5.91 Å². The number of rotatable bonds is 5. The van der Waals surface area contributed by atoms with E-state index < -0.39 is 5.54 Å². The molecule has 1 atom stereocenters. The Bertz CT molecular complexity index is 2030. The van der Waals surface area contributed by atoms with Crippen molar-refractivity contribution in [3.8, 4) is 17.0 Å². The van der Waals surface area contributed by atoms with Crippen LogP contribution in [0.4, 0.5) is 11.4 Å². The van der Waals surface area contributed by atoms with E-state index in [1.807, 2.05) is 35.2 Å². The molecule has 5 heteroatoms. The maximum Gasteiger partial charge on any atom is 0.262 e. The van der Waals surface area contributed by atoms with E-state index in [4.69, 9.17) is 4.74 Å². The van der Waals surface area contributed by atoms with E-state index in [9.17, 15) is 0 Å². The average Bonchev–Trinajstić information content (AvgIpc) is 3.48. The number of nitrogens with zero attached hydrogens (tertiary/aromatic N) is 2. The fraction of sp³-hybridized carbons (Fsp3) is 0.132. The standard InChI is InChI=1S/C38H31N3O2/c1-25-16-18-27(19-17-25)24-41-34-15-9-7-13-31(34)38(37(41)42)35-30-22-28(43-2)20-21-33(30)40(23-26-10-4-3-5-11-26)36(35)29-12-6-8-14-32(29)39-38/h3-22,39H,23-24H2,1-2H3. The highest BCUT2D eigenvalue weighted by Gasteiger charge is 2.57. The smallest absolute Gasteiger partial charge is 0.262 e. The molecule has 0 saturated carbocycles. The van der Waals surface area contributed by atoms with Gasteiger partial charge in [-0.3, -0.25) is 4.79 Å². The Morgan fingerprint density at radius 3 is 2.30 bits per heavy atom. The van der Waals surface area contributed by atoms with Crippen LogP contribution < -0.4 is 15.0 Å². The van der Waals surface area contributed by atoms with E-state index in [-0.39, 0.29) is 5.91 Å². The SMILES string of the molecule is COc1ccc2c(c1)c1c(n2Cc2ccccc2)-c2ccccc2NC12C(=O)N(Cc1ccc(C)cc1)c1ccccc12. The minimum atomic E-state index is -1.11. The third-order valence-corrected chi connectivity index (χ3v) is 8.96. The molecule has 0 fully saturated rings. The van der Waals surface area contributed by atoms with Gasteiger partial charge in [0.1, 0.15) is 5.75 Å². The van der Waals surface area contributed by atoms with Crippen LogP contribution >= 0.6 is 0 Å². The van der Waals surface area contributed by atoms with Crippen molar-refractivity contribution in [2.24, 2.45) is 0 Å². The third-order valence-electron chi connectivity index (χ3n) is 8.96. The van der Waals surface area contributed by atoms with Crippen molar-refractivity contribution in [2.45, 2.75) is 25.6 Å². The summed E-state index contributed by atoms with van der Waals surface area (Å²) in [5.41, 5.74) is 9.38. The van der Waals surface area contributed by atoms with Crippen molar-refractivity contribution in [1.29, 1.82) is 0 Å². The van der Waals surface area contributed by atoms with Crippen LogP contribution in [0.1, 0.15) is 27.8 Å². The molecule has 8 rings (SSSR count). The van der Waals surface area contributed by atoms with Crippen LogP contribution in [0.25, 0.3) is 22.2 Å². The fourth-order valence-electron chi connectivity index (χ4n) is 6.96. The first-order valence-corrected chi connectivity index (χ1v) is 14.7. The van der Waals surface area contributed by atoms with E-state index in [1.54, 1.807) is 7.11 Å². The summed E-state index contributed by atoms with van der Waals surface area (Å²) in [5.74, 6) is 0.781. The summed E-state index contributed by atoms with van der Waals surface area (Å²) >= 11 is 0. The third kappa shape index (κ3) is 3.74. The van der Waals surface area contributed by atoms with Gasteiger partial charge in [0.15, 0.2) is 5.54 Å². The number of nitrogens with one attached hydrogen (secondary N) is 1. The molecular weight excluding hydrogens is 530 g/mol. The summed E-state index contributed by atoms with van der Waals surface area (Å²) in [7, 11) is 1.69. The zero-order valence-electron chi connectivity index (χ0n) is 24.2. The number of ether oxygens (including phenoxy) is 1. The summed E-state index contributed by atoms with van der Waals surface area (Å²) in [6.45, 7) is 3.24. The molecule has 1 N–H and O–H groups in total. The number of hydrogen-bond donors (Lipinski definition) is 1. The maximum absolute atomic E-state index is 15.2. The second-order valence-electron chi connectivity index (χ2n) is 11.5. The lowest BCUT2D eigenvalue weighted by Crippen LogP contribution is -2.48. The Hall–Kier alpha value is -5.29. The number of benzene rings is 5. The summed E-state index contributed by atoms with van der Waals surface area (Å²) in [6.07, 6.45) is 0. The molecule has 2 aliphatic rings. The Morgan fingerprint density at radius 2 is 1.49 bits per heavy atom. The number of amides is 1. The highest BCUT2D eigenvalue weighted by Crippen LogP contribution is 2.56. The minimum Gasteiger partial charge on any atom is -0.497 e. The van der Waals surface area contributed by atoms with Gasteiger partial charge in [-0.1, -0.05) is 96.6 Å². The molecule has 6 aromatic rings. The lowest BCUT2D eigenvalue weighted by atomic mass is 9.77. The number of para-hydroxylation sites is 2. The first-order valence-electron chi connectivity index (χ1n) is 14.7. The number of fused-ring (bicyclic) bond motifs is 8. The first-order chi connectivity index (χ1) is 21.1. The van der Waals surface area contributed by atoms with E-state index in [1.165, 1.54) is 11.1 Å². The van der Waals surface area contributed by atoms with Gasteiger partial charge >= 0.3 is 0 Å². The van der Waals surface area contributed by atoms with Crippen LogP contribution in [0.2, 0.25) is 0 Å². The van der Waals surface area contributed by atoms with E-state index >= 15 is 4.79 Å². The predicted molar refractivity (Wildman–Crippen MR) is 173 cm³/mol. The van der Waals surface area contributed by atoms with Crippen molar-refractivity contribution < 1.29 is 9.53 Å². The van der Waals surface area contributed by atoms with Gasteiger partial charge in [0.05, 0.1) is 25.0 Å². The molecule has 1 aromatic heterocycles. The predicted octanol–water partition coefficient (Wildman–Crippen LogP) is 7.89. The first kappa shape index (κ1) is 25.4. The van der Waals surface area contributed by atoms with E-state index in [0.29, 0.717) is 13.1 Å². The molecule has 0 saturated heterocycles. The molecule has 2 aliphatic heterocycles. The van der Waals surface area contributed by atoms with Gasteiger partial charge in [-0.2, -0.15) is 0 Å². The van der Waals surface area contributed by atoms with Crippen LogP contribution in [0, 0.1) is 6.92 Å². The van der Waals surface area contributed by atoms with Crippen molar-refractivity contribution in [3.05, 3.63) is 149 Å². The van der Waals surface area contributed by atoms with Crippen molar-refractivity contribution in [1.82, 2.24) is 4.57 Å². The van der Waals surface area contributed by atoms with Crippen LogP contribution in [-0.2, 0) is 23.4 Å². The molecule has 0 aliphatic carbocycles. The molecule has 1 amide bonds. The Morgan fingerprint density at radius 1 is 0.767 bits per heavy atom. The maximum atomic E-state index is 15.2. The summed E-state index contributed by atoms with van der Waals surface area (Å²) in [4.78, 5) is 17.1. The van der Waals surface area contributed by atoms with E-state index in [0.717, 1.165) is 56.0 Å². The molecule has 5 aromatic carbocycles. The van der Waals surface area contributed by atoms with Crippen LogP contribution in [0.3, 0.4) is 0 Å². The number of carbonyl (C=O) groups is 1. The number of carbonyl (C=O) groups excluding carboxylic acids is 1. The molecule has 5 nitrogen and oxygen atoms in total. The average molecular weight is 562 g/mol. The second kappa shape index (κ2) is 9.63. The number of aryl methyl sites for hydroxylation is 1. The summed E-state index contributed by atoms with van der Waals surface area (Å²) in [6, 6.07) is 41.8. The van der Waals surface area contributed by atoms with Gasteiger partial charge in [0, 0.05) is 39.8 Å². The second-order valence-corrected chi connectivity index (χ2v) is 11.5. The molecule has 0 radical (unpaired) electrons. The molecule has 0 bridgehead atoms. The zero-order valence-corrected chi connectivity index (χ0v) is 24.2. The van der Waals surface area contributed by atoms with Gasteiger partial charge in [0.2, 0.25) is 0 Å². The topological polar surface area (TPSA) is 46.5 Å². The summed E-state index contributed by atoms with van der Waals surface area (Å²) in [5, 5.41) is 4.83. The lowest BCUT2D eigenvalue weighted by Gasteiger charge is -2.37. The monoisotopic (exact) mass is 561 g/mol. The summed E-state index contributed by atoms with van der Waals surface area (Å²) < 4.78 is 8.12. The largest absolute Gasteiger partial charge is 0.497 e. The normalized spacial score (nSPS) is 16.6. The number of methoxy groups -OCH3 is 1. The number of hydrogen-bond acceptors (Lipinski definition) is 3. The highest BCUT2D eigenvalue weighted by atomic mass is 16.5. The van der Waals surface area contributed by atoms with Gasteiger partial charge in [-0.05, 0) is 48.4 Å². The Labute approximate surface area is 251 Å².